The molecule has 0 fully saturated rings. The molecule has 0 saturated heterocycles. The minimum atomic E-state index is -0.447. The zero-order valence-corrected chi connectivity index (χ0v) is 11.2. The number of nitro benzene ring substituents is 1. The Morgan fingerprint density at radius 3 is 2.62 bits per heavy atom. The van der Waals surface area contributed by atoms with Gasteiger partial charge >= 0.3 is 0 Å². The van der Waals surface area contributed by atoms with E-state index in [2.05, 4.69) is 10.3 Å². The first kappa shape index (κ1) is 14.4. The highest BCUT2D eigenvalue weighted by atomic mass is 16.6. The molecule has 0 radical (unpaired) electrons. The summed E-state index contributed by atoms with van der Waals surface area (Å²) in [5.74, 6) is -0.302. The molecule has 7 heteroatoms. The molecule has 21 heavy (non-hydrogen) atoms. The van der Waals surface area contributed by atoms with Gasteiger partial charge in [0.05, 0.1) is 4.92 Å². The number of carbonyl (C=O) groups excluding carboxylic acids is 1. The minimum absolute atomic E-state index is 0.0479. The van der Waals surface area contributed by atoms with E-state index >= 15 is 0 Å². The van der Waals surface area contributed by atoms with Crippen LogP contribution < -0.4 is 11.1 Å². The molecule has 2 rings (SSSR count). The van der Waals surface area contributed by atoms with E-state index in [9.17, 15) is 14.9 Å². The number of amides is 1. The second kappa shape index (κ2) is 6.47. The van der Waals surface area contributed by atoms with Gasteiger partial charge in [0, 0.05) is 30.6 Å². The van der Waals surface area contributed by atoms with Crippen molar-refractivity contribution in [3.05, 3.63) is 64.0 Å². The van der Waals surface area contributed by atoms with Crippen molar-refractivity contribution in [1.82, 2.24) is 10.3 Å². The van der Waals surface area contributed by atoms with E-state index < -0.39 is 4.92 Å². The molecule has 0 unspecified atom stereocenters. The number of nitro groups is 1. The lowest BCUT2D eigenvalue weighted by atomic mass is 10.1. The molecule has 1 heterocycles. The van der Waals surface area contributed by atoms with Gasteiger partial charge in [-0.25, -0.2) is 0 Å². The molecule has 108 valence electrons. The van der Waals surface area contributed by atoms with Crippen LogP contribution in [0.25, 0.3) is 0 Å². The molecule has 1 aromatic heterocycles. The molecule has 3 N–H and O–H groups in total. The average molecular weight is 286 g/mol. The van der Waals surface area contributed by atoms with Gasteiger partial charge in [-0.3, -0.25) is 19.9 Å². The summed E-state index contributed by atoms with van der Waals surface area (Å²) < 4.78 is 0. The van der Waals surface area contributed by atoms with E-state index in [4.69, 9.17) is 5.73 Å². The number of benzene rings is 1. The molecule has 1 amide bonds. The van der Waals surface area contributed by atoms with Crippen LogP contribution in [0.5, 0.6) is 0 Å². The number of nitrogens with zero attached hydrogens (tertiary/aromatic N) is 2. The zero-order valence-electron chi connectivity index (χ0n) is 11.2. The molecular weight excluding hydrogens is 272 g/mol. The highest BCUT2D eigenvalue weighted by Crippen LogP contribution is 2.12. The molecule has 2 aromatic rings. The SMILES string of the molecule is Nc1ccnc(C(=O)NCCc2ccc([N+](=O)[O-])cc2)c1. The molecule has 0 aliphatic heterocycles. The summed E-state index contributed by atoms with van der Waals surface area (Å²) in [6.07, 6.45) is 2.05. The van der Waals surface area contributed by atoms with Crippen molar-refractivity contribution >= 4 is 17.3 Å². The third-order valence-electron chi connectivity index (χ3n) is 2.86. The Balaban J connectivity index is 1.86. The standard InChI is InChI=1S/C14H14N4O3/c15-11-6-8-16-13(9-11)14(19)17-7-5-10-1-3-12(4-2-10)18(20)21/h1-4,6,8-9H,5,7H2,(H2,15,16)(H,17,19). The molecule has 0 aliphatic carbocycles. The Morgan fingerprint density at radius 2 is 2.00 bits per heavy atom. The molecule has 0 spiro atoms. The van der Waals surface area contributed by atoms with Crippen molar-refractivity contribution in [2.24, 2.45) is 0 Å². The number of nitrogens with two attached hydrogens (primary N) is 1. The van der Waals surface area contributed by atoms with Gasteiger partial charge in [-0.05, 0) is 24.1 Å². The predicted molar refractivity (Wildman–Crippen MR) is 77.8 cm³/mol. The van der Waals surface area contributed by atoms with Gasteiger partial charge < -0.3 is 11.1 Å². The Kier molecular flexibility index (Phi) is 4.45. The maximum atomic E-state index is 11.8. The van der Waals surface area contributed by atoms with Crippen molar-refractivity contribution in [1.29, 1.82) is 0 Å². The Morgan fingerprint density at radius 1 is 1.29 bits per heavy atom. The largest absolute Gasteiger partial charge is 0.399 e. The van der Waals surface area contributed by atoms with E-state index in [0.29, 0.717) is 18.7 Å². The first-order valence-electron chi connectivity index (χ1n) is 6.29. The number of anilines is 1. The zero-order chi connectivity index (χ0) is 15.2. The number of rotatable bonds is 5. The van der Waals surface area contributed by atoms with Crippen LogP contribution in [0.15, 0.2) is 42.6 Å². The van der Waals surface area contributed by atoms with Gasteiger partial charge in [-0.1, -0.05) is 12.1 Å². The Labute approximate surface area is 121 Å². The minimum Gasteiger partial charge on any atom is -0.399 e. The summed E-state index contributed by atoms with van der Waals surface area (Å²) in [5, 5.41) is 13.3. The lowest BCUT2D eigenvalue weighted by molar-refractivity contribution is -0.384. The first-order chi connectivity index (χ1) is 10.1. The maximum Gasteiger partial charge on any atom is 0.269 e. The van der Waals surface area contributed by atoms with Crippen molar-refractivity contribution in [2.45, 2.75) is 6.42 Å². The van der Waals surface area contributed by atoms with Crippen molar-refractivity contribution < 1.29 is 9.72 Å². The van der Waals surface area contributed by atoms with Gasteiger partial charge in [-0.15, -0.1) is 0 Å². The monoisotopic (exact) mass is 286 g/mol. The summed E-state index contributed by atoms with van der Waals surface area (Å²) >= 11 is 0. The molecule has 7 nitrogen and oxygen atoms in total. The summed E-state index contributed by atoms with van der Waals surface area (Å²) in [7, 11) is 0. The van der Waals surface area contributed by atoms with Crippen LogP contribution in [0, 0.1) is 10.1 Å². The van der Waals surface area contributed by atoms with Crippen LogP contribution in [0.4, 0.5) is 11.4 Å². The fraction of sp³-hybridized carbons (Fsp3) is 0.143. The second-order valence-electron chi connectivity index (χ2n) is 4.40. The highest BCUT2D eigenvalue weighted by molar-refractivity contribution is 5.92. The van der Waals surface area contributed by atoms with E-state index in [-0.39, 0.29) is 17.3 Å². The fourth-order valence-corrected chi connectivity index (χ4v) is 1.77. The van der Waals surface area contributed by atoms with Gasteiger partial charge in [0.25, 0.3) is 11.6 Å². The lowest BCUT2D eigenvalue weighted by Crippen LogP contribution is -2.26. The summed E-state index contributed by atoms with van der Waals surface area (Å²) in [5.41, 5.74) is 7.27. The second-order valence-corrected chi connectivity index (χ2v) is 4.40. The number of carbonyl (C=O) groups is 1. The third kappa shape index (κ3) is 4.00. The van der Waals surface area contributed by atoms with E-state index in [0.717, 1.165) is 5.56 Å². The number of hydrogen-bond acceptors (Lipinski definition) is 5. The molecular formula is C14H14N4O3. The number of nitrogens with one attached hydrogen (secondary N) is 1. The van der Waals surface area contributed by atoms with Gasteiger partial charge in [0.1, 0.15) is 5.69 Å². The quantitative estimate of drug-likeness (QED) is 0.639. The smallest absolute Gasteiger partial charge is 0.269 e. The van der Waals surface area contributed by atoms with Gasteiger partial charge in [0.2, 0.25) is 0 Å². The number of pyridine rings is 1. The van der Waals surface area contributed by atoms with Gasteiger partial charge in [-0.2, -0.15) is 0 Å². The normalized spacial score (nSPS) is 10.1. The van der Waals surface area contributed by atoms with Crippen LogP contribution >= 0.6 is 0 Å². The topological polar surface area (TPSA) is 111 Å². The number of nitrogen functional groups attached to an aromatic ring is 1. The van der Waals surface area contributed by atoms with Crippen LogP contribution in [-0.4, -0.2) is 22.4 Å². The molecule has 1 aromatic carbocycles. The summed E-state index contributed by atoms with van der Waals surface area (Å²) in [6.45, 7) is 0.410. The fourth-order valence-electron chi connectivity index (χ4n) is 1.77. The molecule has 0 bridgehead atoms. The van der Waals surface area contributed by atoms with Crippen LogP contribution in [0.3, 0.4) is 0 Å². The van der Waals surface area contributed by atoms with Crippen LogP contribution in [0.2, 0.25) is 0 Å². The molecule has 0 aliphatic rings. The van der Waals surface area contributed by atoms with E-state index in [1.807, 2.05) is 0 Å². The number of non-ortho nitro benzene ring substituents is 1. The third-order valence-corrected chi connectivity index (χ3v) is 2.86. The van der Waals surface area contributed by atoms with Crippen molar-refractivity contribution in [3.63, 3.8) is 0 Å². The van der Waals surface area contributed by atoms with Crippen molar-refractivity contribution in [2.75, 3.05) is 12.3 Å². The Hall–Kier alpha value is -2.96. The van der Waals surface area contributed by atoms with Gasteiger partial charge in [0.15, 0.2) is 0 Å². The number of hydrogen-bond donors (Lipinski definition) is 2. The maximum absolute atomic E-state index is 11.8. The predicted octanol–water partition coefficient (Wildman–Crippen LogP) is 1.54. The van der Waals surface area contributed by atoms with E-state index in [1.165, 1.54) is 24.4 Å². The summed E-state index contributed by atoms with van der Waals surface area (Å²) in [6, 6.07) is 9.33. The lowest BCUT2D eigenvalue weighted by Gasteiger charge is -2.05. The highest BCUT2D eigenvalue weighted by Gasteiger charge is 2.07. The van der Waals surface area contributed by atoms with Crippen LogP contribution in [0.1, 0.15) is 16.1 Å². The van der Waals surface area contributed by atoms with E-state index in [1.54, 1.807) is 18.2 Å². The molecule has 0 atom stereocenters. The molecule has 0 saturated carbocycles. The average Bonchev–Trinajstić information content (AvgIpc) is 2.47. The number of aromatic nitrogens is 1. The Bertz CT molecular complexity index is 656. The summed E-state index contributed by atoms with van der Waals surface area (Å²) in [4.78, 5) is 25.8. The van der Waals surface area contributed by atoms with Crippen LogP contribution in [-0.2, 0) is 6.42 Å². The van der Waals surface area contributed by atoms with Crippen molar-refractivity contribution in [3.8, 4) is 0 Å². The first-order valence-corrected chi connectivity index (χ1v) is 6.29.